The number of hydrogen-bond acceptors (Lipinski definition) is 4. The first-order chi connectivity index (χ1) is 12.0. The second-order valence-electron chi connectivity index (χ2n) is 5.95. The van der Waals surface area contributed by atoms with Crippen molar-refractivity contribution in [1.82, 2.24) is 9.80 Å². The monoisotopic (exact) mass is 401 g/mol. The number of benzene rings is 1. The molecule has 9 heteroatoms. The highest BCUT2D eigenvalue weighted by molar-refractivity contribution is 6.42. The fraction of sp³-hybridized carbons (Fsp3) is 0.412. The van der Waals surface area contributed by atoms with Gasteiger partial charge in [-0.2, -0.15) is 4.99 Å². The predicted octanol–water partition coefficient (Wildman–Crippen LogP) is 2.88. The van der Waals surface area contributed by atoms with Crippen molar-refractivity contribution < 1.29 is 19.1 Å². The molecule has 0 radical (unpaired) electrons. The fourth-order valence-corrected chi connectivity index (χ4v) is 2.32. The Balaban J connectivity index is 2.89. The van der Waals surface area contributed by atoms with Gasteiger partial charge < -0.3 is 14.5 Å². The minimum atomic E-state index is -1.18. The third-order valence-electron chi connectivity index (χ3n) is 3.41. The van der Waals surface area contributed by atoms with E-state index in [4.69, 9.17) is 27.9 Å². The lowest BCUT2D eigenvalue weighted by Crippen LogP contribution is -2.44. The summed E-state index contributed by atoms with van der Waals surface area (Å²) in [6.07, 6.45) is -0.906. The number of hydrogen-bond donors (Lipinski definition) is 0. The predicted molar refractivity (Wildman–Crippen MR) is 101 cm³/mol. The molecule has 0 aliphatic carbocycles. The first-order valence-electron chi connectivity index (χ1n) is 7.62. The summed E-state index contributed by atoms with van der Waals surface area (Å²) in [5.74, 6) is -2.12. The van der Waals surface area contributed by atoms with Crippen LogP contribution in [0.4, 0.5) is 4.79 Å². The molecule has 0 bridgehead atoms. The molecule has 0 saturated heterocycles. The number of nitrogens with zero attached hydrogens (tertiary/aromatic N) is 3. The van der Waals surface area contributed by atoms with Crippen LogP contribution >= 0.6 is 23.2 Å². The Morgan fingerprint density at radius 1 is 1.04 bits per heavy atom. The molecular weight excluding hydrogens is 381 g/mol. The van der Waals surface area contributed by atoms with E-state index >= 15 is 0 Å². The van der Waals surface area contributed by atoms with E-state index in [9.17, 15) is 14.4 Å². The molecule has 1 rings (SSSR count). The number of rotatable bonds is 5. The highest BCUT2D eigenvalue weighted by Crippen LogP contribution is 2.23. The maximum atomic E-state index is 12.3. The Bertz CT molecular complexity index is 713. The SMILES string of the molecule is CC(=NC(=O)OCc1ccc(Cl)c(Cl)c1)C(C(=O)N(C)C)C(=O)N(C)C. The average molecular weight is 402 g/mol. The second kappa shape index (κ2) is 9.54. The summed E-state index contributed by atoms with van der Waals surface area (Å²) >= 11 is 11.7. The van der Waals surface area contributed by atoms with Crippen LogP contribution in [0.1, 0.15) is 12.5 Å². The van der Waals surface area contributed by atoms with E-state index in [0.29, 0.717) is 15.6 Å². The highest BCUT2D eigenvalue weighted by atomic mass is 35.5. The number of ether oxygens (including phenoxy) is 1. The number of aliphatic imine (C=N–C) groups is 1. The molecule has 0 aromatic heterocycles. The molecule has 1 aromatic rings. The molecular formula is C17H21Cl2N3O4. The van der Waals surface area contributed by atoms with Crippen LogP contribution in [0, 0.1) is 5.92 Å². The summed E-state index contributed by atoms with van der Waals surface area (Å²) in [4.78, 5) is 42.8. The standard InChI is InChI=1S/C17H21Cl2N3O4/c1-10(14(15(23)21(2)3)16(24)22(4)5)20-17(25)26-9-11-6-7-12(18)13(19)8-11/h6-8,14H,9H2,1-5H3. The lowest BCUT2D eigenvalue weighted by molar-refractivity contribution is -0.141. The summed E-state index contributed by atoms with van der Waals surface area (Å²) in [6, 6.07) is 4.82. The van der Waals surface area contributed by atoms with Gasteiger partial charge >= 0.3 is 6.09 Å². The van der Waals surface area contributed by atoms with Gasteiger partial charge in [0.15, 0.2) is 5.92 Å². The van der Waals surface area contributed by atoms with Gasteiger partial charge in [-0.05, 0) is 24.6 Å². The van der Waals surface area contributed by atoms with E-state index in [2.05, 4.69) is 4.99 Å². The summed E-state index contributed by atoms with van der Waals surface area (Å²) in [6.45, 7) is 1.37. The van der Waals surface area contributed by atoms with Crippen molar-refractivity contribution in [3.05, 3.63) is 33.8 Å². The molecule has 3 amide bonds. The molecule has 142 valence electrons. The summed E-state index contributed by atoms with van der Waals surface area (Å²) in [5, 5.41) is 0.732. The molecule has 0 heterocycles. The Hall–Kier alpha value is -2.12. The topological polar surface area (TPSA) is 79.3 Å². The zero-order valence-electron chi connectivity index (χ0n) is 15.2. The summed E-state index contributed by atoms with van der Waals surface area (Å²) < 4.78 is 5.05. The van der Waals surface area contributed by atoms with E-state index in [-0.39, 0.29) is 12.3 Å². The first kappa shape index (κ1) is 21.9. The molecule has 0 aliphatic heterocycles. The fourth-order valence-electron chi connectivity index (χ4n) is 1.99. The molecule has 0 spiro atoms. The third-order valence-corrected chi connectivity index (χ3v) is 4.15. The molecule has 7 nitrogen and oxygen atoms in total. The number of halogens is 2. The van der Waals surface area contributed by atoms with Gasteiger partial charge in [-0.25, -0.2) is 4.79 Å². The Morgan fingerprint density at radius 2 is 1.58 bits per heavy atom. The van der Waals surface area contributed by atoms with Crippen LogP contribution < -0.4 is 0 Å². The molecule has 0 saturated carbocycles. The second-order valence-corrected chi connectivity index (χ2v) is 6.77. The van der Waals surface area contributed by atoms with Gasteiger partial charge in [0.1, 0.15) is 6.61 Å². The van der Waals surface area contributed by atoms with Gasteiger partial charge in [-0.1, -0.05) is 29.3 Å². The van der Waals surface area contributed by atoms with E-state index < -0.39 is 23.8 Å². The number of amides is 3. The Kier molecular flexibility index (Phi) is 8.05. The van der Waals surface area contributed by atoms with E-state index in [1.165, 1.54) is 44.9 Å². The average Bonchev–Trinajstić information content (AvgIpc) is 2.55. The van der Waals surface area contributed by atoms with Crippen LogP contribution in [0.2, 0.25) is 10.0 Å². The van der Waals surface area contributed by atoms with Crippen LogP contribution in [0.15, 0.2) is 23.2 Å². The van der Waals surface area contributed by atoms with Gasteiger partial charge in [-0.15, -0.1) is 0 Å². The Labute approximate surface area is 162 Å². The van der Waals surface area contributed by atoms with Crippen molar-refractivity contribution >= 4 is 46.8 Å². The summed E-state index contributed by atoms with van der Waals surface area (Å²) in [7, 11) is 6.09. The van der Waals surface area contributed by atoms with Gasteiger partial charge in [0.05, 0.1) is 10.0 Å². The maximum absolute atomic E-state index is 12.3. The minimum absolute atomic E-state index is 0.0570. The van der Waals surface area contributed by atoms with Gasteiger partial charge in [0, 0.05) is 33.9 Å². The zero-order valence-corrected chi connectivity index (χ0v) is 16.8. The summed E-state index contributed by atoms with van der Waals surface area (Å²) in [5.41, 5.74) is 0.687. The van der Waals surface area contributed by atoms with Crippen molar-refractivity contribution in [3.63, 3.8) is 0 Å². The lowest BCUT2D eigenvalue weighted by Gasteiger charge is -2.22. The minimum Gasteiger partial charge on any atom is -0.443 e. The van der Waals surface area contributed by atoms with Crippen LogP contribution in [0.25, 0.3) is 0 Å². The number of carbonyl (C=O) groups excluding carboxylic acids is 3. The largest absolute Gasteiger partial charge is 0.443 e. The Morgan fingerprint density at radius 3 is 2.04 bits per heavy atom. The molecule has 0 fully saturated rings. The van der Waals surface area contributed by atoms with Crippen LogP contribution in [0.3, 0.4) is 0 Å². The normalized spacial score (nSPS) is 11.3. The van der Waals surface area contributed by atoms with Crippen molar-refractivity contribution in [2.75, 3.05) is 28.2 Å². The van der Waals surface area contributed by atoms with Gasteiger partial charge in [0.2, 0.25) is 11.8 Å². The first-order valence-corrected chi connectivity index (χ1v) is 8.38. The smallest absolute Gasteiger partial charge is 0.433 e. The van der Waals surface area contributed by atoms with Gasteiger partial charge in [-0.3, -0.25) is 9.59 Å². The molecule has 0 atom stereocenters. The van der Waals surface area contributed by atoms with Crippen molar-refractivity contribution in [2.45, 2.75) is 13.5 Å². The highest BCUT2D eigenvalue weighted by Gasteiger charge is 2.32. The zero-order chi connectivity index (χ0) is 20.0. The van der Waals surface area contributed by atoms with E-state index in [1.807, 2.05) is 0 Å². The van der Waals surface area contributed by atoms with Crippen molar-refractivity contribution in [1.29, 1.82) is 0 Å². The van der Waals surface area contributed by atoms with Crippen molar-refractivity contribution in [2.24, 2.45) is 10.9 Å². The molecule has 0 unspecified atom stereocenters. The molecule has 1 aromatic carbocycles. The van der Waals surface area contributed by atoms with Crippen LogP contribution in [0.5, 0.6) is 0 Å². The quantitative estimate of drug-likeness (QED) is 0.561. The third kappa shape index (κ3) is 6.00. The molecule has 26 heavy (non-hydrogen) atoms. The molecule has 0 aliphatic rings. The maximum Gasteiger partial charge on any atom is 0.433 e. The number of carbonyl (C=O) groups is 3. The van der Waals surface area contributed by atoms with Crippen molar-refractivity contribution in [3.8, 4) is 0 Å². The van der Waals surface area contributed by atoms with Crippen LogP contribution in [-0.2, 0) is 20.9 Å². The lowest BCUT2D eigenvalue weighted by atomic mass is 10.0. The molecule has 0 N–H and O–H groups in total. The van der Waals surface area contributed by atoms with E-state index in [0.717, 1.165) is 0 Å². The van der Waals surface area contributed by atoms with Crippen LogP contribution in [-0.4, -0.2) is 61.6 Å². The van der Waals surface area contributed by atoms with Gasteiger partial charge in [0.25, 0.3) is 0 Å². The van der Waals surface area contributed by atoms with E-state index in [1.54, 1.807) is 18.2 Å².